The van der Waals surface area contributed by atoms with Crippen molar-refractivity contribution in [2.45, 2.75) is 19.1 Å². The SMILES string of the molecule is COC(=O)C(C)NCC(O)c1cccc(F)c1. The Bertz CT molecular complexity index is 384. The summed E-state index contributed by atoms with van der Waals surface area (Å²) in [7, 11) is 1.30. The quantitative estimate of drug-likeness (QED) is 0.755. The van der Waals surface area contributed by atoms with Crippen molar-refractivity contribution < 1.29 is 19.0 Å². The van der Waals surface area contributed by atoms with E-state index in [1.54, 1.807) is 13.0 Å². The number of hydrogen-bond acceptors (Lipinski definition) is 4. The van der Waals surface area contributed by atoms with Crippen LogP contribution in [0.15, 0.2) is 24.3 Å². The molecule has 0 spiro atoms. The predicted octanol–water partition coefficient (Wildman–Crippen LogP) is 1.01. The van der Waals surface area contributed by atoms with Gasteiger partial charge in [-0.2, -0.15) is 0 Å². The molecule has 0 radical (unpaired) electrons. The van der Waals surface area contributed by atoms with E-state index in [4.69, 9.17) is 0 Å². The minimum Gasteiger partial charge on any atom is -0.468 e. The van der Waals surface area contributed by atoms with E-state index in [0.717, 1.165) is 0 Å². The van der Waals surface area contributed by atoms with E-state index in [1.807, 2.05) is 0 Å². The second-order valence-electron chi connectivity index (χ2n) is 3.72. The third-order valence-electron chi connectivity index (χ3n) is 2.41. The molecule has 2 atom stereocenters. The number of esters is 1. The first-order valence-electron chi connectivity index (χ1n) is 5.29. The van der Waals surface area contributed by atoms with Crippen LogP contribution in [0.4, 0.5) is 4.39 Å². The summed E-state index contributed by atoms with van der Waals surface area (Å²) in [5, 5.41) is 12.6. The van der Waals surface area contributed by atoms with Crippen LogP contribution in [0.2, 0.25) is 0 Å². The summed E-state index contributed by atoms with van der Waals surface area (Å²) in [5.74, 6) is -0.806. The Balaban J connectivity index is 2.50. The highest BCUT2D eigenvalue weighted by atomic mass is 19.1. The van der Waals surface area contributed by atoms with Crippen LogP contribution in [0.5, 0.6) is 0 Å². The van der Waals surface area contributed by atoms with E-state index in [0.29, 0.717) is 5.56 Å². The number of benzene rings is 1. The summed E-state index contributed by atoms with van der Waals surface area (Å²) in [6.07, 6.45) is -0.863. The molecule has 4 nitrogen and oxygen atoms in total. The van der Waals surface area contributed by atoms with Gasteiger partial charge in [-0.15, -0.1) is 0 Å². The van der Waals surface area contributed by atoms with E-state index < -0.39 is 23.9 Å². The molecule has 1 aromatic rings. The van der Waals surface area contributed by atoms with Crippen molar-refractivity contribution in [2.75, 3.05) is 13.7 Å². The average molecular weight is 241 g/mol. The molecule has 1 aromatic carbocycles. The van der Waals surface area contributed by atoms with Crippen molar-refractivity contribution >= 4 is 5.97 Å². The summed E-state index contributed by atoms with van der Waals surface area (Å²) in [5.41, 5.74) is 0.467. The van der Waals surface area contributed by atoms with Gasteiger partial charge in [-0.05, 0) is 24.6 Å². The van der Waals surface area contributed by atoms with Gasteiger partial charge in [0.15, 0.2) is 0 Å². The number of aliphatic hydroxyl groups excluding tert-OH is 1. The van der Waals surface area contributed by atoms with Gasteiger partial charge < -0.3 is 15.2 Å². The zero-order chi connectivity index (χ0) is 12.8. The lowest BCUT2D eigenvalue weighted by Gasteiger charge is -2.15. The largest absolute Gasteiger partial charge is 0.468 e. The molecule has 5 heteroatoms. The Kier molecular flexibility index (Phi) is 5.06. The third kappa shape index (κ3) is 4.13. The molecule has 2 unspecified atom stereocenters. The van der Waals surface area contributed by atoms with Crippen molar-refractivity contribution in [1.82, 2.24) is 5.32 Å². The number of halogens is 1. The zero-order valence-electron chi connectivity index (χ0n) is 9.81. The van der Waals surface area contributed by atoms with Crippen molar-refractivity contribution in [1.29, 1.82) is 0 Å². The van der Waals surface area contributed by atoms with Crippen LogP contribution in [0, 0.1) is 5.82 Å². The summed E-state index contributed by atoms with van der Waals surface area (Å²) in [6, 6.07) is 5.20. The smallest absolute Gasteiger partial charge is 0.322 e. The molecule has 0 aliphatic heterocycles. The standard InChI is InChI=1S/C12H16FNO3/c1-8(12(16)17-2)14-7-11(15)9-4-3-5-10(13)6-9/h3-6,8,11,14-15H,7H2,1-2H3. The number of nitrogens with one attached hydrogen (secondary N) is 1. The monoisotopic (exact) mass is 241 g/mol. The Morgan fingerprint density at radius 3 is 2.88 bits per heavy atom. The maximum Gasteiger partial charge on any atom is 0.322 e. The maximum atomic E-state index is 12.9. The van der Waals surface area contributed by atoms with E-state index in [2.05, 4.69) is 10.1 Å². The van der Waals surface area contributed by atoms with Crippen LogP contribution in [0.3, 0.4) is 0 Å². The van der Waals surface area contributed by atoms with Crippen LogP contribution in [-0.4, -0.2) is 30.8 Å². The van der Waals surface area contributed by atoms with Crippen LogP contribution in [0.25, 0.3) is 0 Å². The molecule has 0 bridgehead atoms. The lowest BCUT2D eigenvalue weighted by atomic mass is 10.1. The molecule has 0 heterocycles. The van der Waals surface area contributed by atoms with Gasteiger partial charge in [-0.1, -0.05) is 12.1 Å². The molecule has 0 fully saturated rings. The minimum atomic E-state index is -0.863. The summed E-state index contributed by atoms with van der Waals surface area (Å²) >= 11 is 0. The molecule has 0 saturated carbocycles. The summed E-state index contributed by atoms with van der Waals surface area (Å²) < 4.78 is 17.4. The molecule has 0 amide bonds. The molecule has 2 N–H and O–H groups in total. The molecular weight excluding hydrogens is 225 g/mol. The Hall–Kier alpha value is -1.46. The van der Waals surface area contributed by atoms with Gasteiger partial charge in [0.05, 0.1) is 13.2 Å². The summed E-state index contributed by atoms with van der Waals surface area (Å²) in [4.78, 5) is 11.1. The van der Waals surface area contributed by atoms with Crippen molar-refractivity contribution in [3.8, 4) is 0 Å². The zero-order valence-corrected chi connectivity index (χ0v) is 9.81. The number of methoxy groups -OCH3 is 1. The van der Waals surface area contributed by atoms with Crippen LogP contribution >= 0.6 is 0 Å². The molecule has 0 aromatic heterocycles. The van der Waals surface area contributed by atoms with Crippen LogP contribution in [0.1, 0.15) is 18.6 Å². The van der Waals surface area contributed by atoms with Gasteiger partial charge in [-0.3, -0.25) is 4.79 Å². The van der Waals surface area contributed by atoms with Crippen LogP contribution < -0.4 is 5.32 Å². The first kappa shape index (κ1) is 13.6. The average Bonchev–Trinajstić information content (AvgIpc) is 2.34. The second-order valence-corrected chi connectivity index (χ2v) is 3.72. The molecule has 0 aliphatic carbocycles. The number of aliphatic hydroxyl groups is 1. The Morgan fingerprint density at radius 1 is 1.59 bits per heavy atom. The van der Waals surface area contributed by atoms with Crippen molar-refractivity contribution in [3.05, 3.63) is 35.6 Å². The van der Waals surface area contributed by atoms with Gasteiger partial charge >= 0.3 is 5.97 Å². The predicted molar refractivity (Wildman–Crippen MR) is 60.8 cm³/mol. The molecule has 0 aliphatic rings. The number of carbonyl (C=O) groups excluding carboxylic acids is 1. The number of hydrogen-bond donors (Lipinski definition) is 2. The highest BCUT2D eigenvalue weighted by Gasteiger charge is 2.15. The fourth-order valence-electron chi connectivity index (χ4n) is 1.38. The van der Waals surface area contributed by atoms with Gasteiger partial charge in [0.25, 0.3) is 0 Å². The van der Waals surface area contributed by atoms with E-state index in [9.17, 15) is 14.3 Å². The Morgan fingerprint density at radius 2 is 2.29 bits per heavy atom. The normalized spacial score (nSPS) is 14.1. The van der Waals surface area contributed by atoms with Crippen LogP contribution in [-0.2, 0) is 9.53 Å². The lowest BCUT2D eigenvalue weighted by Crippen LogP contribution is -2.37. The van der Waals surface area contributed by atoms with Gasteiger partial charge in [0, 0.05) is 6.54 Å². The van der Waals surface area contributed by atoms with Gasteiger partial charge in [-0.25, -0.2) is 4.39 Å². The highest BCUT2D eigenvalue weighted by Crippen LogP contribution is 2.13. The number of ether oxygens (including phenoxy) is 1. The van der Waals surface area contributed by atoms with Gasteiger partial charge in [0.2, 0.25) is 0 Å². The van der Waals surface area contributed by atoms with Crippen molar-refractivity contribution in [3.63, 3.8) is 0 Å². The molecule has 0 saturated heterocycles. The third-order valence-corrected chi connectivity index (χ3v) is 2.41. The number of rotatable bonds is 5. The highest BCUT2D eigenvalue weighted by molar-refractivity contribution is 5.75. The molecule has 17 heavy (non-hydrogen) atoms. The minimum absolute atomic E-state index is 0.153. The van der Waals surface area contributed by atoms with Gasteiger partial charge in [0.1, 0.15) is 11.9 Å². The topological polar surface area (TPSA) is 58.6 Å². The molecular formula is C12H16FNO3. The molecule has 1 rings (SSSR count). The fraction of sp³-hybridized carbons (Fsp3) is 0.417. The lowest BCUT2D eigenvalue weighted by molar-refractivity contribution is -0.142. The first-order chi connectivity index (χ1) is 8.04. The van der Waals surface area contributed by atoms with E-state index >= 15 is 0 Å². The Labute approximate surface area is 99.4 Å². The fourth-order valence-corrected chi connectivity index (χ4v) is 1.38. The van der Waals surface area contributed by atoms with Crippen molar-refractivity contribution in [2.24, 2.45) is 0 Å². The molecule has 94 valence electrons. The van der Waals surface area contributed by atoms with E-state index in [1.165, 1.54) is 25.3 Å². The number of carbonyl (C=O) groups is 1. The first-order valence-corrected chi connectivity index (χ1v) is 5.29. The van der Waals surface area contributed by atoms with E-state index in [-0.39, 0.29) is 6.54 Å². The summed E-state index contributed by atoms with van der Waals surface area (Å²) in [6.45, 7) is 1.78. The maximum absolute atomic E-state index is 12.9. The second kappa shape index (κ2) is 6.32.